The molecule has 2 aliphatic rings. The summed E-state index contributed by atoms with van der Waals surface area (Å²) in [7, 11) is 0. The van der Waals surface area contributed by atoms with E-state index in [9.17, 15) is 0 Å². The van der Waals surface area contributed by atoms with Gasteiger partial charge in [0.25, 0.3) is 0 Å². The van der Waals surface area contributed by atoms with Crippen molar-refractivity contribution in [2.75, 3.05) is 13.1 Å². The molecule has 4 rings (SSSR count). The molecule has 1 aromatic carbocycles. The average Bonchev–Trinajstić information content (AvgIpc) is 3.26. The summed E-state index contributed by atoms with van der Waals surface area (Å²) in [5, 5.41) is 10.8. The highest BCUT2D eigenvalue weighted by molar-refractivity contribution is 7.11. The van der Waals surface area contributed by atoms with E-state index in [2.05, 4.69) is 34.1 Å². The Morgan fingerprint density at radius 2 is 2.09 bits per heavy atom. The Bertz CT molecular complexity index is 726. The molecule has 120 valence electrons. The zero-order chi connectivity index (χ0) is 14.8. The molecule has 0 saturated carbocycles. The maximum atomic E-state index is 5.59. The highest BCUT2D eigenvalue weighted by Gasteiger charge is 2.25. The largest absolute Gasteiger partial charge is 0.387 e. The highest BCUT2D eigenvalue weighted by atomic mass is 35.5. The Hall–Kier alpha value is -1.69. The highest BCUT2D eigenvalue weighted by Crippen LogP contribution is 2.31. The molecular formula is C17H18ClN3OS. The number of nitrogens with one attached hydrogen (secondary N) is 1. The summed E-state index contributed by atoms with van der Waals surface area (Å²) < 4.78 is 0. The normalized spacial score (nSPS) is 20.3. The molecule has 1 aromatic heterocycles. The zero-order valence-electron chi connectivity index (χ0n) is 12.6. The first-order chi connectivity index (χ1) is 10.9. The quantitative estimate of drug-likeness (QED) is 0.918. The molecule has 4 nitrogen and oxygen atoms in total. The van der Waals surface area contributed by atoms with Gasteiger partial charge in [0.05, 0.1) is 5.69 Å². The molecule has 0 aliphatic carbocycles. The maximum Gasteiger partial charge on any atom is 0.158 e. The van der Waals surface area contributed by atoms with E-state index in [-0.39, 0.29) is 18.5 Å². The minimum atomic E-state index is 0. The summed E-state index contributed by atoms with van der Waals surface area (Å²) in [6.07, 6.45) is 4.07. The topological polar surface area (TPSA) is 46.5 Å². The Labute approximate surface area is 145 Å². The molecule has 0 spiro atoms. The smallest absolute Gasteiger partial charge is 0.158 e. The van der Waals surface area contributed by atoms with Crippen molar-refractivity contribution in [1.29, 1.82) is 0 Å². The van der Waals surface area contributed by atoms with Crippen LogP contribution in [0.2, 0.25) is 0 Å². The minimum absolute atomic E-state index is 0. The van der Waals surface area contributed by atoms with Crippen LogP contribution in [0.15, 0.2) is 46.9 Å². The van der Waals surface area contributed by atoms with Crippen LogP contribution in [-0.4, -0.2) is 23.8 Å². The summed E-state index contributed by atoms with van der Waals surface area (Å²) in [5.74, 6) is 0. The van der Waals surface area contributed by atoms with Gasteiger partial charge in [-0.15, -0.1) is 23.7 Å². The summed E-state index contributed by atoms with van der Waals surface area (Å²) in [5.41, 5.74) is 4.41. The number of hydrogen-bond donors (Lipinski definition) is 1. The van der Waals surface area contributed by atoms with Crippen molar-refractivity contribution in [2.24, 2.45) is 5.16 Å². The maximum absolute atomic E-state index is 5.59. The molecule has 0 saturated heterocycles. The van der Waals surface area contributed by atoms with Crippen molar-refractivity contribution in [3.05, 3.63) is 58.1 Å². The molecule has 0 radical (unpaired) electrons. The van der Waals surface area contributed by atoms with E-state index in [0.29, 0.717) is 0 Å². The molecule has 2 aromatic rings. The SMILES string of the molecule is C1=C(c2nc(C3=NOC(c4ccccc4)C3)cs2)CCNC1.Cl. The van der Waals surface area contributed by atoms with Crippen molar-refractivity contribution in [3.8, 4) is 0 Å². The van der Waals surface area contributed by atoms with Gasteiger partial charge in [0.2, 0.25) is 0 Å². The molecule has 0 fully saturated rings. The second-order valence-electron chi connectivity index (χ2n) is 5.47. The fourth-order valence-electron chi connectivity index (χ4n) is 2.75. The third kappa shape index (κ3) is 3.47. The van der Waals surface area contributed by atoms with Crippen LogP contribution in [0.25, 0.3) is 5.57 Å². The van der Waals surface area contributed by atoms with Crippen LogP contribution in [0.3, 0.4) is 0 Å². The number of oxime groups is 1. The van der Waals surface area contributed by atoms with Gasteiger partial charge in [-0.1, -0.05) is 41.6 Å². The first kappa shape index (κ1) is 16.2. The average molecular weight is 348 g/mol. The second kappa shape index (κ2) is 7.25. The van der Waals surface area contributed by atoms with Gasteiger partial charge in [-0.3, -0.25) is 0 Å². The van der Waals surface area contributed by atoms with Gasteiger partial charge in [-0.2, -0.15) is 0 Å². The molecule has 6 heteroatoms. The van der Waals surface area contributed by atoms with Crippen LogP contribution in [0.4, 0.5) is 0 Å². The van der Waals surface area contributed by atoms with Gasteiger partial charge < -0.3 is 10.2 Å². The molecule has 23 heavy (non-hydrogen) atoms. The Balaban J connectivity index is 0.00000156. The lowest BCUT2D eigenvalue weighted by Crippen LogP contribution is -2.20. The standard InChI is InChI=1S/C17H17N3OS.ClH/c1-2-4-12(5-3-1)16-10-14(20-21-16)15-11-22-17(19-15)13-6-8-18-9-7-13;/h1-6,11,16,18H,7-10H2;1H. The number of nitrogens with zero attached hydrogens (tertiary/aromatic N) is 2. The minimum Gasteiger partial charge on any atom is -0.387 e. The van der Waals surface area contributed by atoms with Crippen molar-refractivity contribution in [1.82, 2.24) is 10.3 Å². The van der Waals surface area contributed by atoms with E-state index in [1.165, 1.54) is 5.57 Å². The zero-order valence-corrected chi connectivity index (χ0v) is 14.2. The van der Waals surface area contributed by atoms with E-state index in [1.54, 1.807) is 11.3 Å². The Morgan fingerprint density at radius 1 is 1.22 bits per heavy atom. The lowest BCUT2D eigenvalue weighted by atomic mass is 10.0. The van der Waals surface area contributed by atoms with Gasteiger partial charge in [-0.25, -0.2) is 4.98 Å². The van der Waals surface area contributed by atoms with Crippen molar-refractivity contribution in [3.63, 3.8) is 0 Å². The Kier molecular flexibility index (Phi) is 5.10. The van der Waals surface area contributed by atoms with Crippen LogP contribution in [0.5, 0.6) is 0 Å². The van der Waals surface area contributed by atoms with Gasteiger partial charge in [0.1, 0.15) is 10.7 Å². The van der Waals surface area contributed by atoms with Crippen molar-refractivity contribution >= 4 is 35.0 Å². The molecule has 3 heterocycles. The molecule has 2 aliphatic heterocycles. The monoisotopic (exact) mass is 347 g/mol. The second-order valence-corrected chi connectivity index (χ2v) is 6.33. The predicted octanol–water partition coefficient (Wildman–Crippen LogP) is 3.81. The fraction of sp³-hybridized carbons (Fsp3) is 0.294. The lowest BCUT2D eigenvalue weighted by molar-refractivity contribution is 0.0857. The lowest BCUT2D eigenvalue weighted by Gasteiger charge is -2.11. The van der Waals surface area contributed by atoms with Crippen molar-refractivity contribution < 1.29 is 4.84 Å². The molecular weight excluding hydrogens is 330 g/mol. The third-order valence-electron chi connectivity index (χ3n) is 3.98. The van der Waals surface area contributed by atoms with E-state index in [1.807, 2.05) is 18.2 Å². The van der Waals surface area contributed by atoms with E-state index in [0.717, 1.165) is 47.9 Å². The summed E-state index contributed by atoms with van der Waals surface area (Å²) >= 11 is 1.70. The number of aromatic nitrogens is 1. The molecule has 0 amide bonds. The predicted molar refractivity (Wildman–Crippen MR) is 96.2 cm³/mol. The number of thiazole rings is 1. The van der Waals surface area contributed by atoms with Crippen LogP contribution < -0.4 is 5.32 Å². The van der Waals surface area contributed by atoms with Crippen LogP contribution in [0, 0.1) is 0 Å². The first-order valence-corrected chi connectivity index (χ1v) is 8.42. The number of rotatable bonds is 3. The van der Waals surface area contributed by atoms with E-state index < -0.39 is 0 Å². The number of benzene rings is 1. The van der Waals surface area contributed by atoms with E-state index >= 15 is 0 Å². The molecule has 1 N–H and O–H groups in total. The molecule has 0 bridgehead atoms. The number of hydrogen-bond acceptors (Lipinski definition) is 5. The summed E-state index contributed by atoms with van der Waals surface area (Å²) in [4.78, 5) is 10.3. The third-order valence-corrected chi connectivity index (χ3v) is 4.90. The van der Waals surface area contributed by atoms with Gasteiger partial charge >= 0.3 is 0 Å². The van der Waals surface area contributed by atoms with Crippen LogP contribution >= 0.6 is 23.7 Å². The van der Waals surface area contributed by atoms with Crippen molar-refractivity contribution in [2.45, 2.75) is 18.9 Å². The van der Waals surface area contributed by atoms with Gasteiger partial charge in [-0.05, 0) is 24.1 Å². The summed E-state index contributed by atoms with van der Waals surface area (Å²) in [6.45, 7) is 1.96. The van der Waals surface area contributed by atoms with Crippen LogP contribution in [-0.2, 0) is 4.84 Å². The molecule has 1 atom stereocenters. The molecule has 1 unspecified atom stereocenters. The number of halogens is 1. The van der Waals surface area contributed by atoms with Crippen LogP contribution in [0.1, 0.15) is 35.2 Å². The first-order valence-electron chi connectivity index (χ1n) is 7.54. The van der Waals surface area contributed by atoms with Gasteiger partial charge in [0.15, 0.2) is 6.10 Å². The summed E-state index contributed by atoms with van der Waals surface area (Å²) in [6, 6.07) is 10.2. The fourth-order valence-corrected chi connectivity index (χ4v) is 3.65. The van der Waals surface area contributed by atoms with Gasteiger partial charge in [0, 0.05) is 18.3 Å². The Morgan fingerprint density at radius 3 is 2.87 bits per heavy atom. The van der Waals surface area contributed by atoms with E-state index in [4.69, 9.17) is 9.82 Å².